The molecule has 3 rings (SSSR count). The Balaban J connectivity index is 1.76. The molecule has 0 aromatic heterocycles. The Labute approximate surface area is 238 Å². The molecule has 2 unspecified atom stereocenters. The van der Waals surface area contributed by atoms with Crippen LogP contribution in [0.15, 0.2) is 60.7 Å². The highest BCUT2D eigenvalue weighted by Crippen LogP contribution is 2.42. The molecule has 0 aliphatic carbocycles. The summed E-state index contributed by atoms with van der Waals surface area (Å²) in [6.07, 6.45) is -0.542. The van der Waals surface area contributed by atoms with E-state index in [0.29, 0.717) is 17.7 Å². The second-order valence-corrected chi connectivity index (χ2v) is 9.04. The molecule has 0 fully saturated rings. The molecule has 0 bridgehead atoms. The van der Waals surface area contributed by atoms with Crippen molar-refractivity contribution in [2.45, 2.75) is 39.2 Å². The number of amides is 1. The van der Waals surface area contributed by atoms with Gasteiger partial charge in [-0.2, -0.15) is 5.26 Å². The minimum absolute atomic E-state index is 0.0216. The van der Waals surface area contributed by atoms with Gasteiger partial charge in [0.25, 0.3) is 0 Å². The number of carbonyl (C=O) groups is 3. The van der Waals surface area contributed by atoms with E-state index in [2.05, 4.69) is 10.1 Å². The number of carbonyl (C=O) groups excluding carboxylic acids is 3. The number of rotatable bonds is 12. The van der Waals surface area contributed by atoms with E-state index in [1.807, 2.05) is 43.3 Å². The van der Waals surface area contributed by atoms with Gasteiger partial charge in [0, 0.05) is 11.5 Å². The van der Waals surface area contributed by atoms with Crippen LogP contribution in [-0.4, -0.2) is 53.8 Å². The van der Waals surface area contributed by atoms with Gasteiger partial charge in [0.15, 0.2) is 5.78 Å². The molecule has 2 atom stereocenters. The van der Waals surface area contributed by atoms with Gasteiger partial charge >= 0.3 is 11.9 Å². The number of anilines is 1. The quantitative estimate of drug-likeness (QED) is 0.167. The molecule has 0 spiro atoms. The van der Waals surface area contributed by atoms with E-state index >= 15 is 0 Å². The van der Waals surface area contributed by atoms with E-state index < -0.39 is 18.0 Å². The van der Waals surface area contributed by atoms with Crippen LogP contribution in [0.4, 0.5) is 5.69 Å². The predicted molar refractivity (Wildman–Crippen MR) is 150 cm³/mol. The standard InChI is InChI=1S/C31H32N2O8/c1-4-22(20-10-7-6-8-11-20)28-27(15-14-23(19(3)34)29(28)36)41-18-21(35)17-40-26-13-9-12-25(24(26)16-32)33-30(37)31(38)39-5-2/h6-15,21-22,35-36H,4-5,17-18H2,1-3H3,(H,33,37). The van der Waals surface area contributed by atoms with E-state index in [0.717, 1.165) is 5.56 Å². The van der Waals surface area contributed by atoms with Gasteiger partial charge in [-0.25, -0.2) is 4.79 Å². The number of hydrogen-bond donors (Lipinski definition) is 3. The Morgan fingerprint density at radius 2 is 1.63 bits per heavy atom. The molecular formula is C31H32N2O8. The number of aromatic hydroxyl groups is 1. The number of nitriles is 1. The van der Waals surface area contributed by atoms with Gasteiger partial charge in [0.05, 0.1) is 17.9 Å². The first-order valence-corrected chi connectivity index (χ1v) is 13.1. The number of Topliss-reactive ketones (excluding diaryl/α,β-unsaturated/α-hetero) is 1. The van der Waals surface area contributed by atoms with Crippen LogP contribution in [0.1, 0.15) is 60.2 Å². The summed E-state index contributed by atoms with van der Waals surface area (Å²) in [5.41, 5.74) is 1.55. The minimum atomic E-state index is -1.15. The third-order valence-corrected chi connectivity index (χ3v) is 6.22. The first-order chi connectivity index (χ1) is 19.7. The first-order valence-electron chi connectivity index (χ1n) is 13.1. The van der Waals surface area contributed by atoms with Gasteiger partial charge in [-0.3, -0.25) is 9.59 Å². The van der Waals surface area contributed by atoms with Crippen LogP contribution in [0.3, 0.4) is 0 Å². The second-order valence-electron chi connectivity index (χ2n) is 9.04. The van der Waals surface area contributed by atoms with Crippen LogP contribution in [-0.2, 0) is 14.3 Å². The fourth-order valence-corrected chi connectivity index (χ4v) is 4.29. The van der Waals surface area contributed by atoms with Crippen LogP contribution in [0, 0.1) is 11.3 Å². The molecule has 0 heterocycles. The average Bonchev–Trinajstić information content (AvgIpc) is 2.96. The van der Waals surface area contributed by atoms with Crippen LogP contribution in [0.2, 0.25) is 0 Å². The zero-order valence-corrected chi connectivity index (χ0v) is 23.0. The number of nitrogens with zero attached hydrogens (tertiary/aromatic N) is 1. The van der Waals surface area contributed by atoms with Gasteiger partial charge in [0.1, 0.15) is 48.2 Å². The molecule has 0 aliphatic heterocycles. The highest BCUT2D eigenvalue weighted by Gasteiger charge is 2.25. The van der Waals surface area contributed by atoms with Crippen LogP contribution in [0.5, 0.6) is 17.2 Å². The third kappa shape index (κ3) is 7.62. The molecule has 3 aromatic rings. The zero-order chi connectivity index (χ0) is 29.9. The Morgan fingerprint density at radius 3 is 2.24 bits per heavy atom. The highest BCUT2D eigenvalue weighted by atomic mass is 16.5. The van der Waals surface area contributed by atoms with E-state index in [4.69, 9.17) is 9.47 Å². The molecular weight excluding hydrogens is 528 g/mol. The summed E-state index contributed by atoms with van der Waals surface area (Å²) < 4.78 is 16.2. The Kier molecular flexibility index (Phi) is 10.8. The summed E-state index contributed by atoms with van der Waals surface area (Å²) in [6.45, 7) is 4.42. The number of ketones is 1. The van der Waals surface area contributed by atoms with Crippen molar-refractivity contribution in [1.29, 1.82) is 5.26 Å². The number of aliphatic hydroxyl groups is 1. The number of esters is 1. The van der Waals surface area contributed by atoms with Crippen molar-refractivity contribution >= 4 is 23.3 Å². The van der Waals surface area contributed by atoms with Gasteiger partial charge < -0.3 is 29.7 Å². The van der Waals surface area contributed by atoms with E-state index in [9.17, 15) is 29.9 Å². The minimum Gasteiger partial charge on any atom is -0.507 e. The Bertz CT molecular complexity index is 1430. The third-order valence-electron chi connectivity index (χ3n) is 6.22. The molecule has 0 aliphatic rings. The van der Waals surface area contributed by atoms with Crippen molar-refractivity contribution in [3.05, 3.63) is 82.9 Å². The lowest BCUT2D eigenvalue weighted by molar-refractivity contribution is -0.152. The molecule has 3 aromatic carbocycles. The predicted octanol–water partition coefficient (Wildman–Crippen LogP) is 4.33. The zero-order valence-electron chi connectivity index (χ0n) is 23.0. The summed E-state index contributed by atoms with van der Waals surface area (Å²) in [5, 5.41) is 33.6. The summed E-state index contributed by atoms with van der Waals surface area (Å²) >= 11 is 0. The van der Waals surface area contributed by atoms with Crippen LogP contribution >= 0.6 is 0 Å². The maximum Gasteiger partial charge on any atom is 0.397 e. The lowest BCUT2D eigenvalue weighted by Crippen LogP contribution is -2.26. The number of hydrogen-bond acceptors (Lipinski definition) is 9. The summed E-state index contributed by atoms with van der Waals surface area (Å²) in [5.74, 6) is -2.47. The average molecular weight is 561 g/mol. The molecule has 0 radical (unpaired) electrons. The molecule has 0 saturated carbocycles. The van der Waals surface area contributed by atoms with E-state index in [1.54, 1.807) is 13.0 Å². The second kappa shape index (κ2) is 14.5. The number of aliphatic hydroxyl groups excluding tert-OH is 1. The molecule has 214 valence electrons. The maximum atomic E-state index is 12.1. The van der Waals surface area contributed by atoms with E-state index in [1.165, 1.54) is 31.2 Å². The van der Waals surface area contributed by atoms with Crippen molar-refractivity contribution in [2.75, 3.05) is 25.1 Å². The number of phenolic OH excluding ortho intramolecular Hbond substituents is 1. The van der Waals surface area contributed by atoms with Crippen LogP contribution < -0.4 is 14.8 Å². The van der Waals surface area contributed by atoms with Crippen LogP contribution in [0.25, 0.3) is 0 Å². The van der Waals surface area contributed by atoms with Crippen molar-refractivity contribution in [1.82, 2.24) is 0 Å². The SMILES string of the molecule is CCOC(=O)C(=O)Nc1cccc(OCC(O)COc2ccc(C(C)=O)c(O)c2C(CC)c2ccccc2)c1C#N. The smallest absolute Gasteiger partial charge is 0.397 e. The van der Waals surface area contributed by atoms with Crippen molar-refractivity contribution < 1.29 is 38.8 Å². The molecule has 10 heteroatoms. The summed E-state index contributed by atoms with van der Waals surface area (Å²) in [6, 6.07) is 18.9. The monoisotopic (exact) mass is 560 g/mol. The largest absolute Gasteiger partial charge is 0.507 e. The fourth-order valence-electron chi connectivity index (χ4n) is 4.29. The molecule has 1 amide bonds. The normalized spacial score (nSPS) is 12.0. The van der Waals surface area contributed by atoms with Crippen molar-refractivity contribution in [3.8, 4) is 23.3 Å². The Morgan fingerprint density at radius 1 is 0.951 bits per heavy atom. The summed E-state index contributed by atoms with van der Waals surface area (Å²) in [7, 11) is 0. The molecule has 3 N–H and O–H groups in total. The first kappa shape index (κ1) is 30.7. The lowest BCUT2D eigenvalue weighted by atomic mass is 9.86. The number of nitrogens with one attached hydrogen (secondary N) is 1. The van der Waals surface area contributed by atoms with E-state index in [-0.39, 0.29) is 59.8 Å². The highest BCUT2D eigenvalue weighted by molar-refractivity contribution is 6.37. The lowest BCUT2D eigenvalue weighted by Gasteiger charge is -2.23. The maximum absolute atomic E-state index is 12.1. The van der Waals surface area contributed by atoms with Gasteiger partial charge in [-0.1, -0.05) is 43.3 Å². The van der Waals surface area contributed by atoms with Gasteiger partial charge in [0.2, 0.25) is 0 Å². The Hall–Kier alpha value is -4.88. The van der Waals surface area contributed by atoms with Crippen molar-refractivity contribution in [2.24, 2.45) is 0 Å². The molecule has 0 saturated heterocycles. The summed E-state index contributed by atoms with van der Waals surface area (Å²) in [4.78, 5) is 35.8. The molecule has 10 nitrogen and oxygen atoms in total. The number of phenols is 1. The number of ether oxygens (including phenoxy) is 3. The molecule has 41 heavy (non-hydrogen) atoms. The van der Waals surface area contributed by atoms with Gasteiger partial charge in [-0.05, 0) is 50.1 Å². The topological polar surface area (TPSA) is 155 Å². The van der Waals surface area contributed by atoms with Crippen molar-refractivity contribution in [3.63, 3.8) is 0 Å². The number of benzene rings is 3. The van der Waals surface area contributed by atoms with Gasteiger partial charge in [-0.15, -0.1) is 0 Å². The fraction of sp³-hybridized carbons (Fsp3) is 0.290.